The first-order chi connectivity index (χ1) is 8.81. The van der Waals surface area contributed by atoms with Gasteiger partial charge in [-0.3, -0.25) is 4.79 Å². The second-order valence-corrected chi connectivity index (χ2v) is 5.57. The van der Waals surface area contributed by atoms with Crippen LogP contribution in [0.1, 0.15) is 18.1 Å². The highest BCUT2D eigenvalue weighted by atomic mass is 32.2. The van der Waals surface area contributed by atoms with Crippen LogP contribution >= 0.6 is 11.8 Å². The topological polar surface area (TPSA) is 41.1 Å². The minimum absolute atomic E-state index is 0.0301. The standard InChI is InChI=1S/C14H20N2OS/c1-2-11-5-3-4-6-12(11)9-16-14(17)13-10-18-8-7-15-13/h3-6,13,15H,2,7-10H2,1H3,(H,16,17). The van der Waals surface area contributed by atoms with Crippen molar-refractivity contribution < 1.29 is 4.79 Å². The van der Waals surface area contributed by atoms with Crippen LogP contribution in [0.15, 0.2) is 24.3 Å². The second-order valence-electron chi connectivity index (χ2n) is 4.42. The lowest BCUT2D eigenvalue weighted by Gasteiger charge is -2.22. The zero-order valence-electron chi connectivity index (χ0n) is 10.7. The number of amides is 1. The fourth-order valence-corrected chi connectivity index (χ4v) is 3.05. The molecular weight excluding hydrogens is 244 g/mol. The summed E-state index contributed by atoms with van der Waals surface area (Å²) < 4.78 is 0. The first-order valence-electron chi connectivity index (χ1n) is 6.47. The smallest absolute Gasteiger partial charge is 0.238 e. The molecule has 1 amide bonds. The van der Waals surface area contributed by atoms with Gasteiger partial charge in [0.05, 0.1) is 6.04 Å². The van der Waals surface area contributed by atoms with E-state index < -0.39 is 0 Å². The number of nitrogens with one attached hydrogen (secondary N) is 2. The molecule has 1 fully saturated rings. The number of hydrogen-bond acceptors (Lipinski definition) is 3. The molecule has 1 heterocycles. The number of aryl methyl sites for hydroxylation is 1. The third-order valence-electron chi connectivity index (χ3n) is 3.19. The van der Waals surface area contributed by atoms with Gasteiger partial charge in [-0.15, -0.1) is 0 Å². The summed E-state index contributed by atoms with van der Waals surface area (Å²) in [5, 5.41) is 6.28. The predicted molar refractivity (Wildman–Crippen MR) is 76.8 cm³/mol. The molecule has 0 radical (unpaired) electrons. The molecule has 98 valence electrons. The van der Waals surface area contributed by atoms with Crippen LogP contribution in [0.4, 0.5) is 0 Å². The van der Waals surface area contributed by atoms with Gasteiger partial charge in [0.1, 0.15) is 0 Å². The van der Waals surface area contributed by atoms with Crippen molar-refractivity contribution in [1.29, 1.82) is 0 Å². The van der Waals surface area contributed by atoms with Gasteiger partial charge in [0.2, 0.25) is 5.91 Å². The van der Waals surface area contributed by atoms with Crippen molar-refractivity contribution in [3.05, 3.63) is 35.4 Å². The molecule has 1 aliphatic heterocycles. The van der Waals surface area contributed by atoms with Crippen LogP contribution in [0, 0.1) is 0 Å². The summed E-state index contributed by atoms with van der Waals surface area (Å²) in [5.74, 6) is 2.09. The number of thioether (sulfide) groups is 1. The van der Waals surface area contributed by atoms with Crippen molar-refractivity contribution in [3.63, 3.8) is 0 Å². The van der Waals surface area contributed by atoms with Crippen LogP contribution in [-0.2, 0) is 17.8 Å². The molecular formula is C14H20N2OS. The minimum Gasteiger partial charge on any atom is -0.351 e. The highest BCUT2D eigenvalue weighted by Gasteiger charge is 2.20. The Morgan fingerprint density at radius 2 is 2.22 bits per heavy atom. The molecule has 0 saturated carbocycles. The number of carbonyl (C=O) groups is 1. The van der Waals surface area contributed by atoms with Crippen LogP contribution in [0.5, 0.6) is 0 Å². The lowest BCUT2D eigenvalue weighted by Crippen LogP contribution is -2.48. The van der Waals surface area contributed by atoms with E-state index in [1.807, 2.05) is 23.9 Å². The fraction of sp³-hybridized carbons (Fsp3) is 0.500. The van der Waals surface area contributed by atoms with E-state index in [2.05, 4.69) is 29.7 Å². The maximum absolute atomic E-state index is 12.0. The normalized spacial score (nSPS) is 19.5. The van der Waals surface area contributed by atoms with E-state index >= 15 is 0 Å². The first kappa shape index (κ1) is 13.4. The van der Waals surface area contributed by atoms with Crippen molar-refractivity contribution in [1.82, 2.24) is 10.6 Å². The molecule has 18 heavy (non-hydrogen) atoms. The van der Waals surface area contributed by atoms with Gasteiger partial charge in [-0.2, -0.15) is 11.8 Å². The number of benzene rings is 1. The highest BCUT2D eigenvalue weighted by molar-refractivity contribution is 7.99. The largest absolute Gasteiger partial charge is 0.351 e. The lowest BCUT2D eigenvalue weighted by atomic mass is 10.1. The molecule has 0 bridgehead atoms. The third kappa shape index (κ3) is 3.50. The molecule has 0 aromatic heterocycles. The molecule has 1 atom stereocenters. The average molecular weight is 264 g/mol. The van der Waals surface area contributed by atoms with E-state index in [0.717, 1.165) is 24.5 Å². The molecule has 3 nitrogen and oxygen atoms in total. The zero-order chi connectivity index (χ0) is 12.8. The van der Waals surface area contributed by atoms with Crippen LogP contribution in [0.2, 0.25) is 0 Å². The molecule has 2 N–H and O–H groups in total. The Morgan fingerprint density at radius 1 is 1.44 bits per heavy atom. The predicted octanol–water partition coefficient (Wildman–Crippen LogP) is 1.57. The molecule has 1 aromatic rings. The average Bonchev–Trinajstić information content (AvgIpc) is 2.46. The van der Waals surface area contributed by atoms with Crippen molar-refractivity contribution in [3.8, 4) is 0 Å². The van der Waals surface area contributed by atoms with Gasteiger partial charge in [-0.25, -0.2) is 0 Å². The molecule has 4 heteroatoms. The Hall–Kier alpha value is -1.000. The number of hydrogen-bond donors (Lipinski definition) is 2. The van der Waals surface area contributed by atoms with E-state index in [1.54, 1.807) is 0 Å². The van der Waals surface area contributed by atoms with Crippen molar-refractivity contribution in [2.45, 2.75) is 25.9 Å². The van der Waals surface area contributed by atoms with Crippen molar-refractivity contribution in [2.75, 3.05) is 18.1 Å². The minimum atomic E-state index is -0.0301. The summed E-state index contributed by atoms with van der Waals surface area (Å²) in [4.78, 5) is 12.0. The quantitative estimate of drug-likeness (QED) is 0.867. The first-order valence-corrected chi connectivity index (χ1v) is 7.62. The van der Waals surface area contributed by atoms with Crippen molar-refractivity contribution >= 4 is 17.7 Å². The van der Waals surface area contributed by atoms with Gasteiger partial charge in [-0.1, -0.05) is 31.2 Å². The molecule has 1 aliphatic rings. The lowest BCUT2D eigenvalue weighted by molar-refractivity contribution is -0.122. The monoisotopic (exact) mass is 264 g/mol. The van der Waals surface area contributed by atoms with Gasteiger partial charge < -0.3 is 10.6 Å². The molecule has 1 saturated heterocycles. The number of carbonyl (C=O) groups excluding carboxylic acids is 1. The van der Waals surface area contributed by atoms with Crippen LogP contribution < -0.4 is 10.6 Å². The van der Waals surface area contributed by atoms with E-state index in [4.69, 9.17) is 0 Å². The summed E-state index contributed by atoms with van der Waals surface area (Å²) in [6.45, 7) is 3.69. The van der Waals surface area contributed by atoms with Gasteiger partial charge >= 0.3 is 0 Å². The molecule has 1 unspecified atom stereocenters. The summed E-state index contributed by atoms with van der Waals surface area (Å²) in [5.41, 5.74) is 2.53. The summed E-state index contributed by atoms with van der Waals surface area (Å²) >= 11 is 1.84. The van der Waals surface area contributed by atoms with Crippen LogP contribution in [0.25, 0.3) is 0 Å². The molecule has 0 spiro atoms. The maximum atomic E-state index is 12.0. The highest BCUT2D eigenvalue weighted by Crippen LogP contribution is 2.10. The van der Waals surface area contributed by atoms with Gasteiger partial charge in [0.15, 0.2) is 0 Å². The maximum Gasteiger partial charge on any atom is 0.238 e. The van der Waals surface area contributed by atoms with Gasteiger partial charge in [0, 0.05) is 24.6 Å². The summed E-state index contributed by atoms with van der Waals surface area (Å²) in [6.07, 6.45) is 1.00. The molecule has 2 rings (SSSR count). The Balaban J connectivity index is 1.88. The summed E-state index contributed by atoms with van der Waals surface area (Å²) in [7, 11) is 0. The van der Waals surface area contributed by atoms with E-state index in [-0.39, 0.29) is 11.9 Å². The van der Waals surface area contributed by atoms with Crippen LogP contribution in [-0.4, -0.2) is 30.0 Å². The number of rotatable bonds is 4. The Bertz CT molecular complexity index is 403. The fourth-order valence-electron chi connectivity index (χ4n) is 2.11. The van der Waals surface area contributed by atoms with E-state index in [0.29, 0.717) is 6.54 Å². The van der Waals surface area contributed by atoms with Gasteiger partial charge in [0.25, 0.3) is 0 Å². The Kier molecular flexibility index (Phi) is 5.08. The third-order valence-corrected chi connectivity index (χ3v) is 4.25. The van der Waals surface area contributed by atoms with Crippen molar-refractivity contribution in [2.24, 2.45) is 0 Å². The van der Waals surface area contributed by atoms with Gasteiger partial charge in [-0.05, 0) is 17.5 Å². The van der Waals surface area contributed by atoms with E-state index in [1.165, 1.54) is 11.1 Å². The Labute approximate surface area is 113 Å². The summed E-state index contributed by atoms with van der Waals surface area (Å²) in [6, 6.07) is 8.24. The Morgan fingerprint density at radius 3 is 2.89 bits per heavy atom. The molecule has 1 aromatic carbocycles. The second kappa shape index (κ2) is 6.81. The van der Waals surface area contributed by atoms with E-state index in [9.17, 15) is 4.79 Å². The molecule has 0 aliphatic carbocycles. The zero-order valence-corrected chi connectivity index (χ0v) is 11.6. The SMILES string of the molecule is CCc1ccccc1CNC(=O)C1CSCCN1. The van der Waals surface area contributed by atoms with Crippen LogP contribution in [0.3, 0.4) is 0 Å².